The highest BCUT2D eigenvalue weighted by molar-refractivity contribution is 5.26. The number of ether oxygens (including phenoxy) is 1. The standard InChI is InChI=1S/C18H30N2O/c1-6-17(3)13-19-18(4,16-10-8-7-9-11-16)14-20(17)15(2)12-21-5/h7-11,15,19H,6,12-14H2,1-5H3. The highest BCUT2D eigenvalue weighted by Gasteiger charge is 2.44. The first-order valence-electron chi connectivity index (χ1n) is 8.01. The second-order valence-electron chi connectivity index (χ2n) is 6.83. The molecule has 118 valence electrons. The molecule has 0 amide bonds. The van der Waals surface area contributed by atoms with Gasteiger partial charge in [-0.2, -0.15) is 0 Å². The summed E-state index contributed by atoms with van der Waals surface area (Å²) >= 11 is 0. The zero-order valence-electron chi connectivity index (χ0n) is 14.1. The maximum Gasteiger partial charge on any atom is 0.0615 e. The highest BCUT2D eigenvalue weighted by atomic mass is 16.5. The van der Waals surface area contributed by atoms with Crippen molar-refractivity contribution in [3.63, 3.8) is 0 Å². The number of nitrogens with zero attached hydrogens (tertiary/aromatic N) is 1. The topological polar surface area (TPSA) is 24.5 Å². The van der Waals surface area contributed by atoms with E-state index in [1.807, 2.05) is 0 Å². The molecule has 3 heteroatoms. The Hall–Kier alpha value is -0.900. The number of hydrogen-bond acceptors (Lipinski definition) is 3. The van der Waals surface area contributed by atoms with E-state index in [4.69, 9.17) is 4.74 Å². The molecule has 1 heterocycles. The molecule has 2 rings (SSSR count). The lowest BCUT2D eigenvalue weighted by atomic mass is 9.82. The van der Waals surface area contributed by atoms with Crippen LogP contribution >= 0.6 is 0 Å². The van der Waals surface area contributed by atoms with Crippen LogP contribution in [0.25, 0.3) is 0 Å². The molecule has 0 saturated carbocycles. The molecule has 1 aromatic carbocycles. The number of nitrogens with one attached hydrogen (secondary N) is 1. The fourth-order valence-electron chi connectivity index (χ4n) is 3.42. The minimum atomic E-state index is -0.00204. The zero-order chi connectivity index (χ0) is 15.5. The van der Waals surface area contributed by atoms with Crippen molar-refractivity contribution in [2.45, 2.75) is 51.2 Å². The van der Waals surface area contributed by atoms with E-state index < -0.39 is 0 Å². The number of benzene rings is 1. The molecule has 3 nitrogen and oxygen atoms in total. The molecule has 21 heavy (non-hydrogen) atoms. The lowest BCUT2D eigenvalue weighted by Gasteiger charge is -2.54. The van der Waals surface area contributed by atoms with E-state index in [1.54, 1.807) is 7.11 Å². The quantitative estimate of drug-likeness (QED) is 0.902. The third kappa shape index (κ3) is 3.31. The maximum atomic E-state index is 5.41. The summed E-state index contributed by atoms with van der Waals surface area (Å²) in [6.45, 7) is 12.0. The molecule has 1 fully saturated rings. The molecular weight excluding hydrogens is 260 g/mol. The Kier molecular flexibility index (Phi) is 5.07. The number of hydrogen-bond donors (Lipinski definition) is 1. The van der Waals surface area contributed by atoms with E-state index in [0.29, 0.717) is 6.04 Å². The van der Waals surface area contributed by atoms with Gasteiger partial charge in [-0.05, 0) is 32.8 Å². The summed E-state index contributed by atoms with van der Waals surface area (Å²) < 4.78 is 5.41. The normalized spacial score (nSPS) is 32.0. The average Bonchev–Trinajstić information content (AvgIpc) is 2.51. The second-order valence-corrected chi connectivity index (χ2v) is 6.83. The van der Waals surface area contributed by atoms with Crippen LogP contribution in [-0.2, 0) is 10.3 Å². The first kappa shape index (κ1) is 16.5. The van der Waals surface area contributed by atoms with E-state index in [2.05, 4.69) is 68.2 Å². The van der Waals surface area contributed by atoms with Crippen molar-refractivity contribution in [1.29, 1.82) is 0 Å². The fourth-order valence-corrected chi connectivity index (χ4v) is 3.42. The lowest BCUT2D eigenvalue weighted by molar-refractivity contribution is -0.0334. The van der Waals surface area contributed by atoms with Gasteiger partial charge >= 0.3 is 0 Å². The molecule has 1 aliphatic rings. The first-order chi connectivity index (χ1) is 9.95. The van der Waals surface area contributed by atoms with Gasteiger partial charge in [-0.1, -0.05) is 37.3 Å². The van der Waals surface area contributed by atoms with Crippen LogP contribution in [0.3, 0.4) is 0 Å². The third-order valence-corrected chi connectivity index (χ3v) is 5.15. The second kappa shape index (κ2) is 6.47. The third-order valence-electron chi connectivity index (χ3n) is 5.15. The molecule has 3 unspecified atom stereocenters. The molecule has 1 N–H and O–H groups in total. The predicted octanol–water partition coefficient (Wildman–Crippen LogP) is 3.01. The Labute approximate surface area is 129 Å². The first-order valence-corrected chi connectivity index (χ1v) is 8.01. The Morgan fingerprint density at radius 3 is 2.52 bits per heavy atom. The van der Waals surface area contributed by atoms with Gasteiger partial charge in [-0.15, -0.1) is 0 Å². The van der Waals surface area contributed by atoms with Crippen molar-refractivity contribution in [3.05, 3.63) is 35.9 Å². The molecule has 3 atom stereocenters. The van der Waals surface area contributed by atoms with Crippen LogP contribution in [0.5, 0.6) is 0 Å². The number of methoxy groups -OCH3 is 1. The summed E-state index contributed by atoms with van der Waals surface area (Å²) in [6.07, 6.45) is 1.14. The summed E-state index contributed by atoms with van der Waals surface area (Å²) in [5.74, 6) is 0. The Morgan fingerprint density at radius 2 is 1.95 bits per heavy atom. The van der Waals surface area contributed by atoms with Crippen LogP contribution in [0.15, 0.2) is 30.3 Å². The van der Waals surface area contributed by atoms with Gasteiger partial charge in [0.25, 0.3) is 0 Å². The van der Waals surface area contributed by atoms with Crippen LogP contribution in [0.4, 0.5) is 0 Å². The monoisotopic (exact) mass is 290 g/mol. The summed E-state index contributed by atoms with van der Waals surface area (Å²) in [6, 6.07) is 11.2. The minimum absolute atomic E-state index is 0.00204. The van der Waals surface area contributed by atoms with E-state index >= 15 is 0 Å². The number of piperazine rings is 1. The maximum absolute atomic E-state index is 5.41. The molecule has 0 radical (unpaired) electrons. The van der Waals surface area contributed by atoms with E-state index in [-0.39, 0.29) is 11.1 Å². The van der Waals surface area contributed by atoms with E-state index in [1.165, 1.54) is 5.56 Å². The van der Waals surface area contributed by atoms with Gasteiger partial charge in [0.15, 0.2) is 0 Å². The predicted molar refractivity (Wildman–Crippen MR) is 88.5 cm³/mol. The fraction of sp³-hybridized carbons (Fsp3) is 0.667. The lowest BCUT2D eigenvalue weighted by Crippen LogP contribution is -2.68. The smallest absolute Gasteiger partial charge is 0.0615 e. The van der Waals surface area contributed by atoms with Crippen molar-refractivity contribution in [2.24, 2.45) is 0 Å². The van der Waals surface area contributed by atoms with Gasteiger partial charge in [-0.3, -0.25) is 4.90 Å². The summed E-state index contributed by atoms with van der Waals surface area (Å²) in [7, 11) is 1.79. The molecule has 1 aromatic rings. The molecule has 1 aliphatic heterocycles. The van der Waals surface area contributed by atoms with Crippen molar-refractivity contribution in [3.8, 4) is 0 Å². The van der Waals surface area contributed by atoms with Crippen LogP contribution in [0.1, 0.15) is 39.7 Å². The van der Waals surface area contributed by atoms with Gasteiger partial charge in [0.05, 0.1) is 12.1 Å². The zero-order valence-corrected chi connectivity index (χ0v) is 14.1. The molecule has 0 bridgehead atoms. The Balaban J connectivity index is 2.27. The van der Waals surface area contributed by atoms with Crippen molar-refractivity contribution < 1.29 is 4.74 Å². The minimum Gasteiger partial charge on any atom is -0.383 e. The largest absolute Gasteiger partial charge is 0.383 e. The van der Waals surface area contributed by atoms with Crippen LogP contribution in [-0.4, -0.2) is 43.3 Å². The molecule has 1 saturated heterocycles. The average molecular weight is 290 g/mol. The van der Waals surface area contributed by atoms with Crippen LogP contribution in [0, 0.1) is 0 Å². The van der Waals surface area contributed by atoms with Crippen LogP contribution < -0.4 is 5.32 Å². The number of rotatable bonds is 5. The van der Waals surface area contributed by atoms with Gasteiger partial charge in [-0.25, -0.2) is 0 Å². The summed E-state index contributed by atoms with van der Waals surface area (Å²) in [4.78, 5) is 2.62. The summed E-state index contributed by atoms with van der Waals surface area (Å²) in [5.41, 5.74) is 1.54. The molecular formula is C18H30N2O. The van der Waals surface area contributed by atoms with Gasteiger partial charge < -0.3 is 10.1 Å². The Bertz CT molecular complexity index is 450. The van der Waals surface area contributed by atoms with Crippen molar-refractivity contribution >= 4 is 0 Å². The van der Waals surface area contributed by atoms with Crippen molar-refractivity contribution in [1.82, 2.24) is 10.2 Å². The van der Waals surface area contributed by atoms with E-state index in [9.17, 15) is 0 Å². The van der Waals surface area contributed by atoms with Crippen LogP contribution in [0.2, 0.25) is 0 Å². The summed E-state index contributed by atoms with van der Waals surface area (Å²) in [5, 5.41) is 3.80. The van der Waals surface area contributed by atoms with E-state index in [0.717, 1.165) is 26.1 Å². The van der Waals surface area contributed by atoms with Crippen molar-refractivity contribution in [2.75, 3.05) is 26.8 Å². The SMILES string of the molecule is CCC1(C)CNC(C)(c2ccccc2)CN1C(C)COC. The van der Waals surface area contributed by atoms with Gasteiger partial charge in [0, 0.05) is 31.8 Å². The van der Waals surface area contributed by atoms with Gasteiger partial charge in [0.1, 0.15) is 0 Å². The van der Waals surface area contributed by atoms with Gasteiger partial charge in [0.2, 0.25) is 0 Å². The highest BCUT2D eigenvalue weighted by Crippen LogP contribution is 2.33. The molecule has 0 aliphatic carbocycles. The molecule has 0 spiro atoms. The molecule has 0 aromatic heterocycles. The Morgan fingerprint density at radius 1 is 1.29 bits per heavy atom.